The maximum absolute atomic E-state index is 12.7. The van der Waals surface area contributed by atoms with E-state index in [-0.39, 0.29) is 32.0 Å². The minimum Gasteiger partial charge on any atom is -0.756 e. The van der Waals surface area contributed by atoms with Gasteiger partial charge >= 0.3 is 11.9 Å². The molecular formula is C50H98NO8P. The van der Waals surface area contributed by atoms with Crippen molar-refractivity contribution < 1.29 is 42.1 Å². The summed E-state index contributed by atoms with van der Waals surface area (Å²) in [7, 11) is 1.18. The van der Waals surface area contributed by atoms with E-state index >= 15 is 0 Å². The average Bonchev–Trinajstić information content (AvgIpc) is 3.20. The highest BCUT2D eigenvalue weighted by molar-refractivity contribution is 7.45. The van der Waals surface area contributed by atoms with Crippen LogP contribution in [0.15, 0.2) is 12.2 Å². The van der Waals surface area contributed by atoms with Crippen LogP contribution in [-0.4, -0.2) is 70.0 Å². The number of phosphoric acid groups is 1. The van der Waals surface area contributed by atoms with Crippen molar-refractivity contribution in [3.8, 4) is 0 Å². The Kier molecular flexibility index (Phi) is 42.1. The van der Waals surface area contributed by atoms with Gasteiger partial charge in [-0.2, -0.15) is 0 Å². The Bertz CT molecular complexity index is 1030. The van der Waals surface area contributed by atoms with E-state index in [9.17, 15) is 19.0 Å². The Morgan fingerprint density at radius 2 is 0.850 bits per heavy atom. The van der Waals surface area contributed by atoms with Gasteiger partial charge in [0.15, 0.2) is 6.10 Å². The van der Waals surface area contributed by atoms with Crippen molar-refractivity contribution in [2.75, 3.05) is 47.5 Å². The minimum atomic E-state index is -4.62. The summed E-state index contributed by atoms with van der Waals surface area (Å²) in [5, 5.41) is 0. The minimum absolute atomic E-state index is 0.0277. The van der Waals surface area contributed by atoms with Crippen LogP contribution >= 0.6 is 7.82 Å². The van der Waals surface area contributed by atoms with E-state index in [4.69, 9.17) is 18.5 Å². The van der Waals surface area contributed by atoms with Crippen LogP contribution in [0.2, 0.25) is 0 Å². The van der Waals surface area contributed by atoms with Gasteiger partial charge in [0.25, 0.3) is 7.82 Å². The van der Waals surface area contributed by atoms with Crippen LogP contribution in [0.3, 0.4) is 0 Å². The zero-order chi connectivity index (χ0) is 44.3. The molecule has 0 N–H and O–H groups in total. The molecule has 0 aliphatic rings. The van der Waals surface area contributed by atoms with Crippen LogP contribution in [0.4, 0.5) is 0 Å². The van der Waals surface area contributed by atoms with Gasteiger partial charge in [0, 0.05) is 12.8 Å². The van der Waals surface area contributed by atoms with E-state index in [1.807, 2.05) is 21.1 Å². The Hall–Kier alpha value is -1.25. The number of hydrogen-bond acceptors (Lipinski definition) is 8. The third-order valence-electron chi connectivity index (χ3n) is 11.3. The quantitative estimate of drug-likeness (QED) is 0.0195. The van der Waals surface area contributed by atoms with E-state index in [0.29, 0.717) is 17.4 Å². The molecule has 0 radical (unpaired) electrons. The Morgan fingerprint density at radius 3 is 1.23 bits per heavy atom. The summed E-state index contributed by atoms with van der Waals surface area (Å²) in [6.07, 6.45) is 46.6. The number of nitrogens with zero attached hydrogens (tertiary/aromatic N) is 1. The molecule has 0 fully saturated rings. The largest absolute Gasteiger partial charge is 0.756 e. The van der Waals surface area contributed by atoms with Gasteiger partial charge in [-0.3, -0.25) is 14.2 Å². The number of hydrogen-bond donors (Lipinski definition) is 0. The highest BCUT2D eigenvalue weighted by Crippen LogP contribution is 2.38. The highest BCUT2D eigenvalue weighted by atomic mass is 31.2. The van der Waals surface area contributed by atoms with E-state index in [2.05, 4.69) is 26.0 Å². The molecule has 0 spiro atoms. The van der Waals surface area contributed by atoms with Crippen molar-refractivity contribution in [3.63, 3.8) is 0 Å². The number of esters is 2. The lowest BCUT2D eigenvalue weighted by atomic mass is 10.0. The molecule has 0 aliphatic heterocycles. The molecule has 10 heteroatoms. The molecule has 0 heterocycles. The number of carbonyl (C=O) groups excluding carboxylic acids is 2. The van der Waals surface area contributed by atoms with Crippen molar-refractivity contribution in [3.05, 3.63) is 12.2 Å². The summed E-state index contributed by atoms with van der Waals surface area (Å²) in [5.74, 6) is -0.822. The summed E-state index contributed by atoms with van der Waals surface area (Å²) in [5.41, 5.74) is 0. The molecule has 0 aromatic carbocycles. The number of carbonyl (C=O) groups is 2. The zero-order valence-electron chi connectivity index (χ0n) is 40.2. The molecule has 0 saturated heterocycles. The van der Waals surface area contributed by atoms with Crippen LogP contribution in [-0.2, 0) is 32.7 Å². The van der Waals surface area contributed by atoms with Gasteiger partial charge in [0.05, 0.1) is 27.7 Å². The van der Waals surface area contributed by atoms with E-state index in [1.165, 1.54) is 173 Å². The van der Waals surface area contributed by atoms with Gasteiger partial charge in [-0.25, -0.2) is 0 Å². The van der Waals surface area contributed by atoms with Gasteiger partial charge in [0.1, 0.15) is 19.8 Å². The first-order valence-electron chi connectivity index (χ1n) is 25.4. The number of allylic oxidation sites excluding steroid dienone is 2. The van der Waals surface area contributed by atoms with Gasteiger partial charge in [-0.1, -0.05) is 206 Å². The van der Waals surface area contributed by atoms with E-state index in [1.54, 1.807) is 0 Å². The summed E-state index contributed by atoms with van der Waals surface area (Å²) >= 11 is 0. The fourth-order valence-corrected chi connectivity index (χ4v) is 8.03. The van der Waals surface area contributed by atoms with Crippen molar-refractivity contribution >= 4 is 19.8 Å². The van der Waals surface area contributed by atoms with Gasteiger partial charge in [0.2, 0.25) is 0 Å². The smallest absolute Gasteiger partial charge is 0.306 e. The molecule has 0 aromatic rings. The molecule has 9 nitrogen and oxygen atoms in total. The van der Waals surface area contributed by atoms with Crippen molar-refractivity contribution in [1.82, 2.24) is 0 Å². The standard InChI is InChI=1S/C50H98NO8P/c1-6-8-10-12-14-16-18-20-22-24-25-27-29-31-33-35-37-39-41-43-50(53)59-48(47-58-60(54,55)57-45-44-51(3,4)5)46-56-49(52)42-40-38-36-34-32-30-28-26-23-21-19-17-15-13-11-9-7-2/h20,22,48H,6-19,21,23-47H2,1-5H3/b22-20+/t48-/m1/s1. The van der Waals surface area contributed by atoms with Crippen LogP contribution < -0.4 is 4.89 Å². The molecule has 0 saturated carbocycles. The van der Waals surface area contributed by atoms with Crippen molar-refractivity contribution in [2.45, 2.75) is 251 Å². The van der Waals surface area contributed by atoms with E-state index < -0.39 is 26.5 Å². The summed E-state index contributed by atoms with van der Waals surface area (Å²) < 4.78 is 34.0. The number of unbranched alkanes of at least 4 members (excludes halogenated alkanes) is 31. The zero-order valence-corrected chi connectivity index (χ0v) is 41.1. The van der Waals surface area contributed by atoms with E-state index in [0.717, 1.165) is 38.5 Å². The Balaban J connectivity index is 4.23. The van der Waals surface area contributed by atoms with Gasteiger partial charge in [-0.05, 0) is 38.5 Å². The third kappa shape index (κ3) is 46.3. The second kappa shape index (κ2) is 43.0. The average molecular weight is 872 g/mol. The molecule has 0 aromatic heterocycles. The molecule has 356 valence electrons. The number of rotatable bonds is 47. The lowest BCUT2D eigenvalue weighted by molar-refractivity contribution is -0.870. The number of phosphoric ester groups is 1. The lowest BCUT2D eigenvalue weighted by Crippen LogP contribution is -2.37. The number of quaternary nitrogens is 1. The number of ether oxygens (including phenoxy) is 2. The summed E-state index contributed by atoms with van der Waals surface area (Å²) in [6, 6.07) is 0. The SMILES string of the molecule is CCCCCCCC/C=C/CCCCCCCCCCCC(=O)O[C@H](COC(=O)CCCCCCCCCCCCCCCCCCC)COP(=O)([O-])OCC[N+](C)(C)C. The second-order valence-corrected chi connectivity index (χ2v) is 20.0. The predicted octanol–water partition coefficient (Wildman–Crippen LogP) is 14.3. The predicted molar refractivity (Wildman–Crippen MR) is 250 cm³/mol. The first-order valence-corrected chi connectivity index (χ1v) is 26.9. The molecule has 0 bridgehead atoms. The summed E-state index contributed by atoms with van der Waals surface area (Å²) in [6.45, 7) is 4.27. The number of likely N-dealkylation sites (N-methyl/N-ethyl adjacent to an activating group) is 1. The first kappa shape index (κ1) is 58.8. The normalized spacial score (nSPS) is 13.5. The maximum atomic E-state index is 12.7. The Labute approximate surface area is 371 Å². The van der Waals surface area contributed by atoms with Crippen molar-refractivity contribution in [1.29, 1.82) is 0 Å². The third-order valence-corrected chi connectivity index (χ3v) is 12.2. The fraction of sp³-hybridized carbons (Fsp3) is 0.920. The van der Waals surface area contributed by atoms with Gasteiger partial charge < -0.3 is 27.9 Å². The fourth-order valence-electron chi connectivity index (χ4n) is 7.30. The molecule has 0 rings (SSSR count). The molecule has 0 amide bonds. The molecule has 0 aliphatic carbocycles. The molecule has 60 heavy (non-hydrogen) atoms. The second-order valence-electron chi connectivity index (χ2n) is 18.5. The monoisotopic (exact) mass is 872 g/mol. The first-order chi connectivity index (χ1) is 29.0. The van der Waals surface area contributed by atoms with Crippen molar-refractivity contribution in [2.24, 2.45) is 0 Å². The summed E-state index contributed by atoms with van der Waals surface area (Å²) in [4.78, 5) is 37.7. The lowest BCUT2D eigenvalue weighted by Gasteiger charge is -2.28. The topological polar surface area (TPSA) is 111 Å². The van der Waals surface area contributed by atoms with Gasteiger partial charge in [-0.15, -0.1) is 0 Å². The highest BCUT2D eigenvalue weighted by Gasteiger charge is 2.21. The molecular weight excluding hydrogens is 774 g/mol. The Morgan fingerprint density at radius 1 is 0.500 bits per heavy atom. The van der Waals surface area contributed by atoms with Crippen LogP contribution in [0.5, 0.6) is 0 Å². The van der Waals surface area contributed by atoms with Crippen LogP contribution in [0.25, 0.3) is 0 Å². The molecule has 2 atom stereocenters. The van der Waals surface area contributed by atoms with Crippen LogP contribution in [0.1, 0.15) is 245 Å². The van der Waals surface area contributed by atoms with Crippen LogP contribution in [0, 0.1) is 0 Å². The molecule has 1 unspecified atom stereocenters. The maximum Gasteiger partial charge on any atom is 0.306 e.